The van der Waals surface area contributed by atoms with Gasteiger partial charge in [-0.3, -0.25) is 0 Å². The van der Waals surface area contributed by atoms with Gasteiger partial charge in [0.05, 0.1) is 0 Å². The molecule has 0 aromatic rings. The number of hydrogen-bond donors (Lipinski definition) is 0. The van der Waals surface area contributed by atoms with Gasteiger partial charge in [0.25, 0.3) is 0 Å². The highest BCUT2D eigenvalue weighted by Crippen LogP contribution is 2.29. The largest absolute Gasteiger partial charge is 0.0853 e. The van der Waals surface area contributed by atoms with Gasteiger partial charge in [-0.1, -0.05) is 31.9 Å². The van der Waals surface area contributed by atoms with Crippen LogP contribution < -0.4 is 0 Å². The van der Waals surface area contributed by atoms with E-state index in [4.69, 9.17) is 0 Å². The predicted octanol–water partition coefficient (Wildman–Crippen LogP) is 3.53. The molecule has 0 spiro atoms. The summed E-state index contributed by atoms with van der Waals surface area (Å²) in [6, 6.07) is 0. The van der Waals surface area contributed by atoms with Crippen LogP contribution in [0.5, 0.6) is 0 Å². The average Bonchev–Trinajstić information content (AvgIpc) is 2.31. The van der Waals surface area contributed by atoms with Gasteiger partial charge in [0.15, 0.2) is 0 Å². The van der Waals surface area contributed by atoms with Crippen LogP contribution in [0.3, 0.4) is 0 Å². The lowest BCUT2D eigenvalue weighted by Crippen LogP contribution is -1.80. The molecule has 0 bridgehead atoms. The lowest BCUT2D eigenvalue weighted by atomic mass is 10.1. The molecule has 1 unspecified atom stereocenters. The van der Waals surface area contributed by atoms with E-state index in [1.807, 2.05) is 0 Å². The molecule has 1 rings (SSSR count). The molecule has 1 aliphatic carbocycles. The minimum Gasteiger partial charge on any atom is -0.0853 e. The summed E-state index contributed by atoms with van der Waals surface area (Å²) in [6.45, 7) is 4.60. The first kappa shape index (κ1) is 7.84. The molecular weight excluding hydrogens is 120 g/mol. The first-order valence-electron chi connectivity index (χ1n) is 4.50. The molecule has 0 aromatic heterocycles. The van der Waals surface area contributed by atoms with Gasteiger partial charge < -0.3 is 0 Å². The lowest BCUT2D eigenvalue weighted by molar-refractivity contribution is 0.620. The van der Waals surface area contributed by atoms with Gasteiger partial charge in [-0.25, -0.2) is 0 Å². The van der Waals surface area contributed by atoms with Crippen LogP contribution in [0.1, 0.15) is 46.0 Å². The van der Waals surface area contributed by atoms with Crippen molar-refractivity contribution in [3.63, 3.8) is 0 Å². The van der Waals surface area contributed by atoms with Crippen molar-refractivity contribution in [1.29, 1.82) is 0 Å². The van der Waals surface area contributed by atoms with Crippen LogP contribution in [-0.2, 0) is 0 Å². The fourth-order valence-corrected chi connectivity index (χ4v) is 1.62. The summed E-state index contributed by atoms with van der Waals surface area (Å²) < 4.78 is 0. The van der Waals surface area contributed by atoms with Gasteiger partial charge in [0.1, 0.15) is 0 Å². The molecule has 0 amide bonds. The number of unbranched alkanes of at least 4 members (excludes halogenated alkanes) is 1. The molecular formula is C10H18. The van der Waals surface area contributed by atoms with Crippen LogP contribution in [0.4, 0.5) is 0 Å². The zero-order chi connectivity index (χ0) is 7.40. The van der Waals surface area contributed by atoms with E-state index in [0.717, 1.165) is 5.92 Å². The third-order valence-corrected chi connectivity index (χ3v) is 2.29. The van der Waals surface area contributed by atoms with Crippen LogP contribution in [0.2, 0.25) is 0 Å². The van der Waals surface area contributed by atoms with E-state index >= 15 is 0 Å². The third kappa shape index (κ3) is 2.17. The zero-order valence-electron chi connectivity index (χ0n) is 7.19. The zero-order valence-corrected chi connectivity index (χ0v) is 7.19. The molecule has 0 N–H and O–H groups in total. The summed E-state index contributed by atoms with van der Waals surface area (Å²) in [6.07, 6.45) is 9.22. The smallest absolute Gasteiger partial charge is 0.0294 e. The molecule has 0 aliphatic heterocycles. The van der Waals surface area contributed by atoms with Gasteiger partial charge in [0.2, 0.25) is 0 Å². The van der Waals surface area contributed by atoms with Gasteiger partial charge in [-0.2, -0.15) is 0 Å². The quantitative estimate of drug-likeness (QED) is 0.512. The molecule has 1 fully saturated rings. The summed E-state index contributed by atoms with van der Waals surface area (Å²) in [5.41, 5.74) is 1.72. The molecule has 0 saturated heterocycles. The summed E-state index contributed by atoms with van der Waals surface area (Å²) in [5.74, 6) is 0.961. The van der Waals surface area contributed by atoms with Gasteiger partial charge in [-0.15, -0.1) is 0 Å². The molecule has 0 nitrogen and oxygen atoms in total. The molecule has 58 valence electrons. The highest BCUT2D eigenvalue weighted by Gasteiger charge is 2.13. The van der Waals surface area contributed by atoms with Crippen molar-refractivity contribution in [3.05, 3.63) is 11.6 Å². The van der Waals surface area contributed by atoms with Crippen molar-refractivity contribution in [2.75, 3.05) is 0 Å². The topological polar surface area (TPSA) is 0 Å². The van der Waals surface area contributed by atoms with Gasteiger partial charge in [-0.05, 0) is 31.6 Å². The van der Waals surface area contributed by atoms with Crippen molar-refractivity contribution in [2.45, 2.75) is 46.0 Å². The Morgan fingerprint density at radius 1 is 1.60 bits per heavy atom. The Balaban J connectivity index is 2.29. The fraction of sp³-hybridized carbons (Fsp3) is 0.800. The van der Waals surface area contributed by atoms with E-state index in [-0.39, 0.29) is 0 Å². The minimum absolute atomic E-state index is 0.961. The summed E-state index contributed by atoms with van der Waals surface area (Å²) >= 11 is 0. The van der Waals surface area contributed by atoms with Crippen LogP contribution >= 0.6 is 0 Å². The second-order valence-electron chi connectivity index (χ2n) is 3.50. The van der Waals surface area contributed by atoms with Crippen LogP contribution in [-0.4, -0.2) is 0 Å². The van der Waals surface area contributed by atoms with Gasteiger partial charge in [0, 0.05) is 0 Å². The average molecular weight is 138 g/mol. The second kappa shape index (κ2) is 3.80. The highest BCUT2D eigenvalue weighted by molar-refractivity contribution is 5.07. The Hall–Kier alpha value is -0.260. The number of hydrogen-bond acceptors (Lipinski definition) is 0. The highest BCUT2D eigenvalue weighted by atomic mass is 14.2. The number of allylic oxidation sites excluding steroid dienone is 2. The van der Waals surface area contributed by atoms with Crippen LogP contribution in [0, 0.1) is 5.92 Å². The Labute approximate surface area is 64.3 Å². The SMILES string of the molecule is CCC/C=C1\CCC(C)C1. The maximum Gasteiger partial charge on any atom is -0.0294 e. The first-order chi connectivity index (χ1) is 4.83. The van der Waals surface area contributed by atoms with Crippen molar-refractivity contribution in [1.82, 2.24) is 0 Å². The van der Waals surface area contributed by atoms with Crippen molar-refractivity contribution >= 4 is 0 Å². The predicted molar refractivity (Wildman–Crippen MR) is 46.0 cm³/mol. The second-order valence-corrected chi connectivity index (χ2v) is 3.50. The fourth-order valence-electron chi connectivity index (χ4n) is 1.62. The number of rotatable bonds is 2. The standard InChI is InChI=1S/C10H18/c1-3-4-5-10-7-6-9(2)8-10/h5,9H,3-4,6-8H2,1-2H3/b10-5+. The van der Waals surface area contributed by atoms with E-state index < -0.39 is 0 Å². The molecule has 0 aromatic carbocycles. The Bertz CT molecular complexity index is 122. The van der Waals surface area contributed by atoms with Crippen molar-refractivity contribution in [2.24, 2.45) is 5.92 Å². The Morgan fingerprint density at radius 3 is 2.90 bits per heavy atom. The summed E-state index contributed by atoms with van der Waals surface area (Å²) in [4.78, 5) is 0. The van der Waals surface area contributed by atoms with Crippen LogP contribution in [0.25, 0.3) is 0 Å². The molecule has 1 aliphatic rings. The summed E-state index contributed by atoms with van der Waals surface area (Å²) in [7, 11) is 0. The third-order valence-electron chi connectivity index (χ3n) is 2.29. The van der Waals surface area contributed by atoms with E-state index in [1.54, 1.807) is 5.57 Å². The Morgan fingerprint density at radius 2 is 2.40 bits per heavy atom. The molecule has 0 heterocycles. The minimum atomic E-state index is 0.961. The van der Waals surface area contributed by atoms with E-state index in [9.17, 15) is 0 Å². The summed E-state index contributed by atoms with van der Waals surface area (Å²) in [5, 5.41) is 0. The van der Waals surface area contributed by atoms with Crippen molar-refractivity contribution < 1.29 is 0 Å². The van der Waals surface area contributed by atoms with E-state index in [1.165, 1.54) is 32.1 Å². The maximum atomic E-state index is 2.45. The van der Waals surface area contributed by atoms with Crippen LogP contribution in [0.15, 0.2) is 11.6 Å². The Kier molecular flexibility index (Phi) is 2.98. The lowest BCUT2D eigenvalue weighted by Gasteiger charge is -1.95. The molecule has 0 heteroatoms. The molecule has 10 heavy (non-hydrogen) atoms. The van der Waals surface area contributed by atoms with Crippen molar-refractivity contribution in [3.8, 4) is 0 Å². The maximum absolute atomic E-state index is 2.45. The monoisotopic (exact) mass is 138 g/mol. The first-order valence-corrected chi connectivity index (χ1v) is 4.50. The van der Waals surface area contributed by atoms with Gasteiger partial charge >= 0.3 is 0 Å². The molecule has 1 saturated carbocycles. The normalized spacial score (nSPS) is 29.8. The molecule has 1 atom stereocenters. The van der Waals surface area contributed by atoms with E-state index in [0.29, 0.717) is 0 Å². The molecule has 0 radical (unpaired) electrons. The van der Waals surface area contributed by atoms with E-state index in [2.05, 4.69) is 19.9 Å².